The predicted molar refractivity (Wildman–Crippen MR) is 126 cm³/mol. The first-order valence-corrected chi connectivity index (χ1v) is 10.7. The Morgan fingerprint density at radius 3 is 1.39 bits per heavy atom. The molecule has 4 rings (SSSR count). The van der Waals surface area contributed by atoms with Gasteiger partial charge in [0.15, 0.2) is 18.9 Å². The number of nitrogens with zero attached hydrogens (tertiary/aromatic N) is 1. The van der Waals surface area contributed by atoms with Crippen LogP contribution in [0.25, 0.3) is 22.3 Å². The maximum Gasteiger partial charge on any atom is 0.490 e. The van der Waals surface area contributed by atoms with E-state index in [9.17, 15) is 28.5 Å². The van der Waals surface area contributed by atoms with Crippen LogP contribution in [0.4, 0.5) is 13.2 Å². The molecule has 0 saturated carbocycles. The molecule has 0 saturated heterocycles. The van der Waals surface area contributed by atoms with Gasteiger partial charge in [0.05, 0.1) is 0 Å². The minimum atomic E-state index is -5.08. The summed E-state index contributed by atoms with van der Waals surface area (Å²) in [6.45, 7) is 0.780. The molecule has 0 aliphatic heterocycles. The zero-order valence-corrected chi connectivity index (χ0v) is 18.9. The van der Waals surface area contributed by atoms with E-state index in [0.29, 0.717) is 0 Å². The quantitative estimate of drug-likeness (QED) is 0.280. The van der Waals surface area contributed by atoms with Crippen molar-refractivity contribution in [3.63, 3.8) is 0 Å². The molecule has 0 spiro atoms. The van der Waals surface area contributed by atoms with Crippen LogP contribution in [-0.2, 0) is 17.8 Å². The molecule has 36 heavy (non-hydrogen) atoms. The smallest absolute Gasteiger partial charge is 0.490 e. The topological polar surface area (TPSA) is 102 Å². The number of carboxylic acid groups (broad SMARTS) is 1. The number of carbonyl (C=O) groups is 1. The highest BCUT2D eigenvalue weighted by Crippen LogP contribution is 2.27. The van der Waals surface area contributed by atoms with Crippen molar-refractivity contribution in [2.45, 2.75) is 19.1 Å². The van der Waals surface area contributed by atoms with Gasteiger partial charge in [-0.25, -0.2) is 9.36 Å². The average molecular weight is 498 g/mol. The SMILES string of the molecule is O=C(O)C(F)(F)F.Oc1ccc(CC[n+]2cc(-c3ccc(O)cc3)cc(-c3ccc(O)cc3)c2)cc1. The fraction of sp³-hybridized carbons (Fsp3) is 0.111. The fourth-order valence-electron chi connectivity index (χ4n) is 3.31. The summed E-state index contributed by atoms with van der Waals surface area (Å²) in [7, 11) is 0. The number of phenols is 3. The lowest BCUT2D eigenvalue weighted by Gasteiger charge is -2.07. The number of aromatic nitrogens is 1. The van der Waals surface area contributed by atoms with Gasteiger partial charge >= 0.3 is 12.1 Å². The third-order valence-electron chi connectivity index (χ3n) is 5.16. The Morgan fingerprint density at radius 2 is 1.03 bits per heavy atom. The second-order valence-corrected chi connectivity index (χ2v) is 7.86. The summed E-state index contributed by atoms with van der Waals surface area (Å²) in [5.41, 5.74) is 5.27. The molecule has 0 aliphatic carbocycles. The average Bonchev–Trinajstić information content (AvgIpc) is 2.84. The summed E-state index contributed by atoms with van der Waals surface area (Å²) >= 11 is 0. The Hall–Kier alpha value is -4.53. The van der Waals surface area contributed by atoms with Gasteiger partial charge in [-0.2, -0.15) is 13.2 Å². The lowest BCUT2D eigenvalue weighted by molar-refractivity contribution is -0.695. The van der Waals surface area contributed by atoms with Crippen molar-refractivity contribution in [1.29, 1.82) is 0 Å². The second kappa shape index (κ2) is 11.3. The second-order valence-electron chi connectivity index (χ2n) is 7.86. The standard InChI is InChI=1S/C25H21NO3.C2HF3O2/c27-23-7-1-18(2-8-23)13-14-26-16-21(19-3-9-24(28)10-4-19)15-22(17-26)20-5-11-25(29)12-6-20;3-2(4,5)1(6)7/h1-12,15-17H,13-14H2,(H2-,27,28,29);(H,6,7)/p+1. The van der Waals surface area contributed by atoms with E-state index in [1.54, 1.807) is 36.4 Å². The fourth-order valence-corrected chi connectivity index (χ4v) is 3.31. The van der Waals surface area contributed by atoms with Gasteiger partial charge in [0.1, 0.15) is 17.2 Å². The van der Waals surface area contributed by atoms with E-state index in [1.807, 2.05) is 36.4 Å². The van der Waals surface area contributed by atoms with Gasteiger partial charge in [-0.15, -0.1) is 0 Å². The number of aliphatic carboxylic acids is 1. The molecule has 0 bridgehead atoms. The summed E-state index contributed by atoms with van der Waals surface area (Å²) in [6.07, 6.45) is -0.0631. The van der Waals surface area contributed by atoms with Crippen molar-refractivity contribution in [3.8, 4) is 39.5 Å². The number of alkyl halides is 3. The van der Waals surface area contributed by atoms with Crippen molar-refractivity contribution in [2.24, 2.45) is 0 Å². The Labute approximate surface area is 204 Å². The number of carboxylic acids is 1. The van der Waals surface area contributed by atoms with Crippen molar-refractivity contribution in [1.82, 2.24) is 0 Å². The number of phenolic OH excluding ortho intramolecular Hbond substituents is 3. The first kappa shape index (κ1) is 26.1. The number of benzene rings is 3. The lowest BCUT2D eigenvalue weighted by Crippen LogP contribution is -2.34. The molecular weight excluding hydrogens is 475 g/mol. The zero-order valence-electron chi connectivity index (χ0n) is 18.9. The molecule has 9 heteroatoms. The first-order chi connectivity index (χ1) is 17.0. The zero-order chi connectivity index (χ0) is 26.3. The number of rotatable bonds is 5. The Morgan fingerprint density at radius 1 is 0.667 bits per heavy atom. The van der Waals surface area contributed by atoms with Gasteiger partial charge in [0.2, 0.25) is 0 Å². The molecule has 4 N–H and O–H groups in total. The number of pyridine rings is 1. The number of halogens is 3. The molecule has 0 atom stereocenters. The highest BCUT2D eigenvalue weighted by Gasteiger charge is 2.38. The summed E-state index contributed by atoms with van der Waals surface area (Å²) in [6, 6.07) is 23.7. The van der Waals surface area contributed by atoms with E-state index < -0.39 is 12.1 Å². The van der Waals surface area contributed by atoms with E-state index >= 15 is 0 Å². The van der Waals surface area contributed by atoms with Gasteiger partial charge in [-0.1, -0.05) is 36.4 Å². The minimum Gasteiger partial charge on any atom is -0.508 e. The van der Waals surface area contributed by atoms with Crippen LogP contribution in [-0.4, -0.2) is 32.6 Å². The molecule has 0 radical (unpaired) electrons. The van der Waals surface area contributed by atoms with Gasteiger partial charge in [-0.3, -0.25) is 0 Å². The van der Waals surface area contributed by atoms with Crippen LogP contribution in [0.5, 0.6) is 17.2 Å². The predicted octanol–water partition coefficient (Wildman–Crippen LogP) is 5.30. The van der Waals surface area contributed by atoms with Crippen LogP contribution >= 0.6 is 0 Å². The Kier molecular flexibility index (Phi) is 8.16. The summed E-state index contributed by atoms with van der Waals surface area (Å²) < 4.78 is 33.9. The van der Waals surface area contributed by atoms with Crippen molar-refractivity contribution in [2.75, 3.05) is 0 Å². The van der Waals surface area contributed by atoms with Crippen molar-refractivity contribution < 1.29 is 43.0 Å². The van der Waals surface area contributed by atoms with Gasteiger partial charge in [-0.05, 0) is 59.2 Å². The maximum absolute atomic E-state index is 10.6. The molecular formula is C27H23F3NO5+. The van der Waals surface area contributed by atoms with Crippen LogP contribution < -0.4 is 4.57 Å². The molecule has 1 aromatic heterocycles. The number of aromatic hydroxyl groups is 3. The van der Waals surface area contributed by atoms with Crippen LogP contribution in [0.3, 0.4) is 0 Å². The molecule has 3 aromatic carbocycles. The maximum atomic E-state index is 10.6. The summed E-state index contributed by atoms with van der Waals surface area (Å²) in [5, 5.41) is 35.8. The molecule has 186 valence electrons. The van der Waals surface area contributed by atoms with Crippen LogP contribution in [0, 0.1) is 0 Å². The molecule has 0 amide bonds. The highest BCUT2D eigenvalue weighted by atomic mass is 19.4. The van der Waals surface area contributed by atoms with E-state index in [2.05, 4.69) is 23.0 Å². The monoisotopic (exact) mass is 498 g/mol. The largest absolute Gasteiger partial charge is 0.508 e. The number of hydrogen-bond acceptors (Lipinski definition) is 4. The van der Waals surface area contributed by atoms with Crippen LogP contribution in [0.1, 0.15) is 5.56 Å². The highest BCUT2D eigenvalue weighted by molar-refractivity contribution is 5.73. The van der Waals surface area contributed by atoms with Crippen LogP contribution in [0.15, 0.2) is 91.3 Å². The van der Waals surface area contributed by atoms with E-state index in [4.69, 9.17) is 9.90 Å². The molecule has 1 heterocycles. The molecule has 0 aliphatic rings. The van der Waals surface area contributed by atoms with Crippen molar-refractivity contribution in [3.05, 3.63) is 96.8 Å². The number of hydrogen-bond donors (Lipinski definition) is 4. The normalized spacial score (nSPS) is 10.9. The van der Waals surface area contributed by atoms with Crippen molar-refractivity contribution >= 4 is 5.97 Å². The first-order valence-electron chi connectivity index (χ1n) is 10.7. The molecule has 6 nitrogen and oxygen atoms in total. The summed E-state index contributed by atoms with van der Waals surface area (Å²) in [4.78, 5) is 8.90. The third-order valence-corrected chi connectivity index (χ3v) is 5.16. The molecule has 4 aromatic rings. The lowest BCUT2D eigenvalue weighted by atomic mass is 10.0. The van der Waals surface area contributed by atoms with Gasteiger partial charge < -0.3 is 20.4 Å². The summed E-state index contributed by atoms with van der Waals surface area (Å²) in [5.74, 6) is -2.01. The Bertz CT molecular complexity index is 1240. The van der Waals surface area contributed by atoms with E-state index in [-0.39, 0.29) is 17.2 Å². The van der Waals surface area contributed by atoms with Crippen LogP contribution in [0.2, 0.25) is 0 Å². The molecule has 0 fully saturated rings. The number of aryl methyl sites for hydroxylation is 2. The van der Waals surface area contributed by atoms with E-state index in [0.717, 1.165) is 40.8 Å². The Balaban J connectivity index is 0.000000454. The molecule has 0 unspecified atom stereocenters. The minimum absolute atomic E-state index is 0.239. The van der Waals surface area contributed by atoms with Gasteiger partial charge in [0, 0.05) is 17.5 Å². The van der Waals surface area contributed by atoms with Gasteiger partial charge in [0.25, 0.3) is 0 Å². The van der Waals surface area contributed by atoms with E-state index in [1.165, 1.54) is 0 Å². The third kappa shape index (κ3) is 7.49.